The third-order valence-electron chi connectivity index (χ3n) is 3.10. The first kappa shape index (κ1) is 10.8. The number of nitrogens with zero attached hydrogens (tertiary/aromatic N) is 1. The van der Waals surface area contributed by atoms with Crippen LogP contribution in [0.2, 0.25) is 0 Å². The van der Waals surface area contributed by atoms with Crippen LogP contribution in [-0.4, -0.2) is 10.9 Å². The van der Waals surface area contributed by atoms with Crippen LogP contribution in [0.1, 0.15) is 31.7 Å². The number of hydrogen-bond donors (Lipinski definition) is 1. The highest BCUT2D eigenvalue weighted by Crippen LogP contribution is 2.34. The molecule has 0 spiro atoms. The van der Waals surface area contributed by atoms with E-state index in [1.54, 1.807) is 0 Å². The average Bonchev–Trinajstić information content (AvgIpc) is 2.70. The molecule has 2 heteroatoms. The number of hydrogen-bond acceptors (Lipinski definition) is 2. The zero-order chi connectivity index (χ0) is 11.4. The largest absolute Gasteiger partial charge is 0.411 e. The lowest BCUT2D eigenvalue weighted by Gasteiger charge is -2.15. The van der Waals surface area contributed by atoms with Gasteiger partial charge in [-0.1, -0.05) is 35.2 Å². The van der Waals surface area contributed by atoms with Crippen molar-refractivity contribution in [3.63, 3.8) is 0 Å². The lowest BCUT2D eigenvalue weighted by Crippen LogP contribution is -2.19. The highest BCUT2D eigenvalue weighted by atomic mass is 16.4. The van der Waals surface area contributed by atoms with Crippen LogP contribution in [0, 0.1) is 17.3 Å². The Morgan fingerprint density at radius 2 is 2.06 bits per heavy atom. The fraction of sp³-hybridized carbons (Fsp3) is 0.357. The van der Waals surface area contributed by atoms with Crippen molar-refractivity contribution >= 4 is 5.71 Å². The van der Waals surface area contributed by atoms with Crippen LogP contribution < -0.4 is 0 Å². The lowest BCUT2D eigenvalue weighted by atomic mass is 9.88. The van der Waals surface area contributed by atoms with Crippen LogP contribution >= 0.6 is 0 Å². The van der Waals surface area contributed by atoms with E-state index >= 15 is 0 Å². The molecule has 1 N–H and O–H groups in total. The van der Waals surface area contributed by atoms with Crippen LogP contribution in [0.15, 0.2) is 35.5 Å². The molecule has 0 heterocycles. The molecule has 2 rings (SSSR count). The van der Waals surface area contributed by atoms with Gasteiger partial charge in [0.15, 0.2) is 0 Å². The minimum Gasteiger partial charge on any atom is -0.411 e. The fourth-order valence-electron chi connectivity index (χ4n) is 2.06. The number of oxime groups is 1. The van der Waals surface area contributed by atoms with E-state index < -0.39 is 0 Å². The summed E-state index contributed by atoms with van der Waals surface area (Å²) in [5.41, 5.74) is 1.58. The summed E-state index contributed by atoms with van der Waals surface area (Å²) >= 11 is 0. The van der Waals surface area contributed by atoms with Crippen molar-refractivity contribution < 1.29 is 5.21 Å². The standard InChI is InChI=1S/C14H15NO/c1-14(10-5-8-13(14)15-16)11-9-12-6-3-2-4-7-12/h2-4,6-7,16H,5,8,10H2,1H3/b15-13+. The van der Waals surface area contributed by atoms with Gasteiger partial charge in [0.05, 0.1) is 11.1 Å². The first-order valence-corrected chi connectivity index (χ1v) is 5.54. The first-order valence-electron chi connectivity index (χ1n) is 5.54. The molecule has 0 amide bonds. The highest BCUT2D eigenvalue weighted by molar-refractivity contribution is 5.94. The smallest absolute Gasteiger partial charge is 0.0748 e. The van der Waals surface area contributed by atoms with Gasteiger partial charge in [0.1, 0.15) is 0 Å². The van der Waals surface area contributed by atoms with Gasteiger partial charge in [0.25, 0.3) is 0 Å². The van der Waals surface area contributed by atoms with E-state index in [1.165, 1.54) is 0 Å². The summed E-state index contributed by atoms with van der Waals surface area (Å²) in [6.45, 7) is 2.05. The van der Waals surface area contributed by atoms with Crippen molar-refractivity contribution in [1.29, 1.82) is 0 Å². The molecule has 0 saturated heterocycles. The second kappa shape index (κ2) is 4.40. The Bertz CT molecular complexity index is 453. The van der Waals surface area contributed by atoms with Crippen LogP contribution in [0.3, 0.4) is 0 Å². The predicted molar refractivity (Wildman–Crippen MR) is 64.5 cm³/mol. The maximum atomic E-state index is 8.92. The molecular weight excluding hydrogens is 198 g/mol. The van der Waals surface area contributed by atoms with Gasteiger partial charge in [-0.3, -0.25) is 0 Å². The molecule has 82 valence electrons. The van der Waals surface area contributed by atoms with E-state index in [0.29, 0.717) is 0 Å². The van der Waals surface area contributed by atoms with Crippen molar-refractivity contribution in [2.24, 2.45) is 10.6 Å². The molecule has 1 fully saturated rings. The van der Waals surface area contributed by atoms with Gasteiger partial charge in [0.2, 0.25) is 0 Å². The molecule has 0 radical (unpaired) electrons. The van der Waals surface area contributed by atoms with Crippen molar-refractivity contribution in [2.75, 3.05) is 0 Å². The van der Waals surface area contributed by atoms with E-state index in [0.717, 1.165) is 30.5 Å². The minimum atomic E-state index is -0.245. The molecule has 0 aliphatic heterocycles. The van der Waals surface area contributed by atoms with Crippen LogP contribution in [0.25, 0.3) is 0 Å². The van der Waals surface area contributed by atoms with E-state index in [1.807, 2.05) is 37.3 Å². The molecule has 1 aliphatic carbocycles. The number of rotatable bonds is 0. The van der Waals surface area contributed by atoms with Crippen molar-refractivity contribution in [1.82, 2.24) is 0 Å². The zero-order valence-corrected chi connectivity index (χ0v) is 9.40. The quantitative estimate of drug-likeness (QED) is 0.401. The lowest BCUT2D eigenvalue weighted by molar-refractivity contribution is 0.313. The average molecular weight is 213 g/mol. The van der Waals surface area contributed by atoms with Crippen molar-refractivity contribution in [3.8, 4) is 11.8 Å². The molecule has 16 heavy (non-hydrogen) atoms. The summed E-state index contributed by atoms with van der Waals surface area (Å²) in [7, 11) is 0. The summed E-state index contributed by atoms with van der Waals surface area (Å²) in [5.74, 6) is 6.38. The van der Waals surface area contributed by atoms with Crippen molar-refractivity contribution in [3.05, 3.63) is 35.9 Å². The maximum Gasteiger partial charge on any atom is 0.0748 e. The molecule has 1 aromatic rings. The summed E-state index contributed by atoms with van der Waals surface area (Å²) in [5, 5.41) is 12.3. The minimum absolute atomic E-state index is 0.245. The van der Waals surface area contributed by atoms with Gasteiger partial charge in [-0.25, -0.2) is 0 Å². The Morgan fingerprint density at radius 1 is 1.31 bits per heavy atom. The zero-order valence-electron chi connectivity index (χ0n) is 9.40. The molecule has 0 aromatic heterocycles. The molecule has 1 atom stereocenters. The molecule has 1 aliphatic rings. The molecule has 1 aromatic carbocycles. The molecule has 0 bridgehead atoms. The third-order valence-corrected chi connectivity index (χ3v) is 3.10. The maximum absolute atomic E-state index is 8.92. The molecule has 2 nitrogen and oxygen atoms in total. The van der Waals surface area contributed by atoms with Crippen LogP contribution in [0.4, 0.5) is 0 Å². The molecular formula is C14H15NO. The van der Waals surface area contributed by atoms with Gasteiger partial charge in [-0.15, -0.1) is 0 Å². The van der Waals surface area contributed by atoms with Gasteiger partial charge in [-0.2, -0.15) is 0 Å². The predicted octanol–water partition coefficient (Wildman–Crippen LogP) is 3.06. The van der Waals surface area contributed by atoms with Gasteiger partial charge >= 0.3 is 0 Å². The highest BCUT2D eigenvalue weighted by Gasteiger charge is 2.34. The Morgan fingerprint density at radius 3 is 2.75 bits per heavy atom. The second-order valence-corrected chi connectivity index (χ2v) is 4.35. The molecule has 1 saturated carbocycles. The first-order chi connectivity index (χ1) is 7.74. The molecule has 1 unspecified atom stereocenters. The summed E-state index contributed by atoms with van der Waals surface area (Å²) in [6.07, 6.45) is 2.89. The van der Waals surface area contributed by atoms with Crippen LogP contribution in [-0.2, 0) is 0 Å². The topological polar surface area (TPSA) is 32.6 Å². The fourth-order valence-corrected chi connectivity index (χ4v) is 2.06. The Balaban J connectivity index is 2.25. The van der Waals surface area contributed by atoms with E-state index in [-0.39, 0.29) is 5.41 Å². The normalized spacial score (nSPS) is 26.4. The monoisotopic (exact) mass is 213 g/mol. The third kappa shape index (κ3) is 2.09. The van der Waals surface area contributed by atoms with Crippen LogP contribution in [0.5, 0.6) is 0 Å². The van der Waals surface area contributed by atoms with Gasteiger partial charge in [0, 0.05) is 5.56 Å². The van der Waals surface area contributed by atoms with E-state index in [4.69, 9.17) is 5.21 Å². The summed E-state index contributed by atoms with van der Waals surface area (Å²) in [6, 6.07) is 9.90. The van der Waals surface area contributed by atoms with Gasteiger partial charge in [-0.05, 0) is 38.3 Å². The Kier molecular flexibility index (Phi) is 2.96. The second-order valence-electron chi connectivity index (χ2n) is 4.35. The van der Waals surface area contributed by atoms with Gasteiger partial charge < -0.3 is 5.21 Å². The van der Waals surface area contributed by atoms with E-state index in [9.17, 15) is 0 Å². The SMILES string of the molecule is CC1(C#Cc2ccccc2)CCC/C1=N\O. The summed E-state index contributed by atoms with van der Waals surface area (Å²) in [4.78, 5) is 0. The number of benzene rings is 1. The summed E-state index contributed by atoms with van der Waals surface area (Å²) < 4.78 is 0. The Hall–Kier alpha value is -1.75. The van der Waals surface area contributed by atoms with E-state index in [2.05, 4.69) is 17.0 Å². The Labute approximate surface area is 96.0 Å². The van der Waals surface area contributed by atoms with Crippen molar-refractivity contribution in [2.45, 2.75) is 26.2 Å².